The normalized spacial score (nSPS) is 0. The Kier molecular flexibility index (Phi) is 737. The molecule has 0 amide bonds. The Labute approximate surface area is 126 Å². The van der Waals surface area contributed by atoms with Crippen LogP contribution in [-0.2, 0) is 0 Å². The molecule has 0 saturated heterocycles. The van der Waals surface area contributed by atoms with E-state index in [1.807, 2.05) is 0 Å². The van der Waals surface area contributed by atoms with Crippen LogP contribution in [0.3, 0.4) is 0 Å². The molecule has 7 heteroatoms. The standard InChI is InChI=1S/B.K.Li.Na.3H2O.3H/h;;;;3*1H2;;;/q;3*+1;;;;3*-1. The minimum Gasteiger partial charge on any atom is -1.00 e. The van der Waals surface area contributed by atoms with Gasteiger partial charge in [-0.2, -0.15) is 0 Å². The SMILES string of the molecule is O.O.O.[B].[H-].[H-].[H-].[K+].[Li+].[Na+]. The summed E-state index contributed by atoms with van der Waals surface area (Å²) >= 11 is 0. The second-order valence-corrected chi connectivity index (χ2v) is 0. The molecule has 0 spiro atoms. The summed E-state index contributed by atoms with van der Waals surface area (Å²) in [5.74, 6) is 0. The minimum atomic E-state index is 0. The topological polar surface area (TPSA) is 94.5 Å². The van der Waals surface area contributed by atoms with Crippen LogP contribution in [0.15, 0.2) is 0 Å². The van der Waals surface area contributed by atoms with Crippen molar-refractivity contribution in [1.82, 2.24) is 0 Å². The van der Waals surface area contributed by atoms with Gasteiger partial charge in [0.05, 0.1) is 0 Å². The maximum Gasteiger partial charge on any atom is 1.00 e. The summed E-state index contributed by atoms with van der Waals surface area (Å²) in [4.78, 5) is 0. The fourth-order valence-corrected chi connectivity index (χ4v) is 0. The van der Waals surface area contributed by atoms with Gasteiger partial charge in [0.15, 0.2) is 0 Å². The summed E-state index contributed by atoms with van der Waals surface area (Å²) in [5, 5.41) is 0. The molecule has 6 N–H and O–H groups in total. The molecule has 0 saturated carbocycles. The molecule has 0 unspecified atom stereocenters. The van der Waals surface area contributed by atoms with Gasteiger partial charge in [-0.15, -0.1) is 0 Å². The third-order valence-electron chi connectivity index (χ3n) is 0. The van der Waals surface area contributed by atoms with E-state index >= 15 is 0 Å². The van der Waals surface area contributed by atoms with Crippen LogP contribution in [0.1, 0.15) is 4.28 Å². The summed E-state index contributed by atoms with van der Waals surface area (Å²) in [5.41, 5.74) is 0. The maximum absolute atomic E-state index is 0. The Bertz CT molecular complexity index is 23.7. The van der Waals surface area contributed by atoms with E-state index in [1.165, 1.54) is 0 Å². The molecule has 0 heterocycles. The molecule has 0 bridgehead atoms. The van der Waals surface area contributed by atoms with Gasteiger partial charge < -0.3 is 20.7 Å². The van der Waals surface area contributed by atoms with Gasteiger partial charge in [-0.25, -0.2) is 0 Å². The van der Waals surface area contributed by atoms with Crippen molar-refractivity contribution in [2.75, 3.05) is 0 Å². The first-order valence-electron chi connectivity index (χ1n) is 0. The molecular formula is H9BKLiNaO3. The van der Waals surface area contributed by atoms with E-state index in [0.717, 1.165) is 0 Å². The summed E-state index contributed by atoms with van der Waals surface area (Å²) in [6.45, 7) is 0. The first-order chi connectivity index (χ1) is 0. The summed E-state index contributed by atoms with van der Waals surface area (Å²) in [6.07, 6.45) is 0. The van der Waals surface area contributed by atoms with E-state index in [-0.39, 0.29) is 129 Å². The Morgan fingerprint density at radius 3 is 0.857 bits per heavy atom. The van der Waals surface area contributed by atoms with Crippen LogP contribution in [0.2, 0.25) is 0 Å². The van der Waals surface area contributed by atoms with E-state index in [0.29, 0.717) is 0 Å². The summed E-state index contributed by atoms with van der Waals surface area (Å²) in [7, 11) is 0. The summed E-state index contributed by atoms with van der Waals surface area (Å²) in [6, 6.07) is 0. The minimum absolute atomic E-state index is 0. The Balaban J connectivity index is 0. The van der Waals surface area contributed by atoms with Crippen molar-refractivity contribution < 1.29 is 121 Å². The van der Waals surface area contributed by atoms with Gasteiger partial charge in [0.25, 0.3) is 0 Å². The van der Waals surface area contributed by atoms with Gasteiger partial charge in [0.2, 0.25) is 0 Å². The molecule has 0 aromatic rings. The van der Waals surface area contributed by atoms with Crippen molar-refractivity contribution >= 4 is 8.41 Å². The summed E-state index contributed by atoms with van der Waals surface area (Å²) < 4.78 is 0. The van der Waals surface area contributed by atoms with Crippen LogP contribution >= 0.6 is 0 Å². The number of hydrogen-bond donors (Lipinski definition) is 0. The Morgan fingerprint density at radius 2 is 0.857 bits per heavy atom. The van der Waals surface area contributed by atoms with E-state index in [2.05, 4.69) is 0 Å². The van der Waals surface area contributed by atoms with E-state index < -0.39 is 0 Å². The molecule has 0 aromatic heterocycles. The first kappa shape index (κ1) is 84.9. The fourth-order valence-electron chi connectivity index (χ4n) is 0. The average molecular weight is 137 g/mol. The largest absolute Gasteiger partial charge is 1.00 e. The molecule has 0 atom stereocenters. The predicted octanol–water partition coefficient (Wildman–Crippen LogP) is -11.5. The fraction of sp³-hybridized carbons (Fsp3) is 0. The van der Waals surface area contributed by atoms with Crippen LogP contribution < -0.4 is 99.8 Å². The molecule has 33 valence electrons. The van der Waals surface area contributed by atoms with Crippen molar-refractivity contribution in [3.8, 4) is 0 Å². The van der Waals surface area contributed by atoms with Gasteiger partial charge in [0, 0.05) is 8.41 Å². The first-order valence-corrected chi connectivity index (χ1v) is 0. The van der Waals surface area contributed by atoms with E-state index in [1.54, 1.807) is 0 Å². The van der Waals surface area contributed by atoms with Crippen molar-refractivity contribution in [2.45, 2.75) is 0 Å². The smallest absolute Gasteiger partial charge is 1.00 e. The van der Waals surface area contributed by atoms with Crippen LogP contribution in [0.4, 0.5) is 0 Å². The molecule has 0 fully saturated rings. The van der Waals surface area contributed by atoms with Crippen LogP contribution in [-0.4, -0.2) is 24.8 Å². The van der Waals surface area contributed by atoms with Crippen molar-refractivity contribution in [1.29, 1.82) is 0 Å². The van der Waals surface area contributed by atoms with Gasteiger partial charge in [-0.1, -0.05) is 0 Å². The zero-order chi connectivity index (χ0) is 0. The molecule has 0 aliphatic carbocycles. The van der Waals surface area contributed by atoms with Gasteiger partial charge in [-0.05, 0) is 0 Å². The van der Waals surface area contributed by atoms with Crippen LogP contribution in [0.5, 0.6) is 0 Å². The number of rotatable bonds is 0. The Morgan fingerprint density at radius 1 is 0.857 bits per heavy atom. The molecule has 0 aliphatic heterocycles. The zero-order valence-electron chi connectivity index (χ0n) is 8.08. The second-order valence-electron chi connectivity index (χ2n) is 0. The molecule has 0 aromatic carbocycles. The average Bonchev–Trinajstić information content (AvgIpc) is 0. The quantitative estimate of drug-likeness (QED) is 0.296. The van der Waals surface area contributed by atoms with Crippen molar-refractivity contribution in [2.24, 2.45) is 0 Å². The third kappa shape index (κ3) is 46.8. The second kappa shape index (κ2) is 60.8. The van der Waals surface area contributed by atoms with Crippen molar-refractivity contribution in [3.05, 3.63) is 0 Å². The molecule has 0 rings (SSSR count). The monoisotopic (exact) mass is 137 g/mol. The van der Waals surface area contributed by atoms with Crippen LogP contribution in [0, 0.1) is 0 Å². The predicted molar refractivity (Wildman–Crippen MR) is 19.9 cm³/mol. The Hall–Kier alpha value is 3.18. The van der Waals surface area contributed by atoms with E-state index in [9.17, 15) is 0 Å². The van der Waals surface area contributed by atoms with Gasteiger partial charge >= 0.3 is 99.8 Å². The van der Waals surface area contributed by atoms with Crippen molar-refractivity contribution in [3.63, 3.8) is 0 Å². The molecule has 0 aliphatic rings. The van der Waals surface area contributed by atoms with E-state index in [4.69, 9.17) is 0 Å². The number of hydrogen-bond acceptors (Lipinski definition) is 0. The maximum atomic E-state index is 0. The van der Waals surface area contributed by atoms with Crippen LogP contribution in [0.25, 0.3) is 0 Å². The van der Waals surface area contributed by atoms with Gasteiger partial charge in [0.1, 0.15) is 0 Å². The molecule has 3 radical (unpaired) electrons. The molecule has 7 heavy (non-hydrogen) atoms. The zero-order valence-corrected chi connectivity index (χ0v) is 10.2. The molecule has 3 nitrogen and oxygen atoms in total. The molecular weight excluding hydrogens is 128 g/mol. The van der Waals surface area contributed by atoms with Gasteiger partial charge in [-0.3, -0.25) is 0 Å². The third-order valence-corrected chi connectivity index (χ3v) is 0.